The van der Waals surface area contributed by atoms with Gasteiger partial charge in [0.2, 0.25) is 0 Å². The maximum Gasteiger partial charge on any atom is 0.303 e. The van der Waals surface area contributed by atoms with Crippen molar-refractivity contribution in [2.24, 2.45) is 5.73 Å². The Hall–Kier alpha value is -0.870. The number of aliphatic hydroxyl groups is 1. The number of hydrogen-bond acceptors (Lipinski definition) is 3. The van der Waals surface area contributed by atoms with Crippen molar-refractivity contribution < 1.29 is 15.0 Å². The van der Waals surface area contributed by atoms with E-state index in [-0.39, 0.29) is 6.61 Å². The Balaban J connectivity index is -0.000000376. The summed E-state index contributed by atoms with van der Waals surface area (Å²) in [6.07, 6.45) is 21.1. The molecule has 0 radical (unpaired) electrons. The molecule has 0 bridgehead atoms. The first-order chi connectivity index (χ1) is 13.1. The third kappa shape index (κ3) is 45.8. The van der Waals surface area contributed by atoms with Crippen LogP contribution < -0.4 is 5.73 Å². The fourth-order valence-electron chi connectivity index (χ4n) is 2.55. The number of nitrogens with two attached hydrogens (primary N) is 1. The highest BCUT2D eigenvalue weighted by atomic mass is 16.4. The van der Waals surface area contributed by atoms with Crippen LogP contribution in [0.25, 0.3) is 0 Å². The van der Waals surface area contributed by atoms with E-state index in [4.69, 9.17) is 15.9 Å². The minimum atomic E-state index is -0.674. The molecule has 0 aliphatic carbocycles. The molecule has 0 aromatic carbocycles. The van der Waals surface area contributed by atoms with E-state index in [0.717, 1.165) is 25.8 Å². The summed E-state index contributed by atoms with van der Waals surface area (Å²) >= 11 is 0. The van der Waals surface area contributed by atoms with Gasteiger partial charge in [-0.1, -0.05) is 83.6 Å². The molecule has 0 unspecified atom stereocenters. The number of carboxylic acids is 1. The minimum absolute atomic E-state index is 0.250. The Morgan fingerprint density at radius 2 is 1.22 bits per heavy atom. The van der Waals surface area contributed by atoms with Gasteiger partial charge < -0.3 is 15.9 Å². The molecule has 0 aliphatic heterocycles. The number of rotatable bonds is 17. The van der Waals surface area contributed by atoms with Crippen molar-refractivity contribution in [2.75, 3.05) is 13.2 Å². The van der Waals surface area contributed by atoms with E-state index in [9.17, 15) is 4.79 Å². The van der Waals surface area contributed by atoms with Crippen molar-refractivity contribution in [1.29, 1.82) is 0 Å². The van der Waals surface area contributed by atoms with E-state index < -0.39 is 5.97 Å². The Bertz CT molecular complexity index is 262. The number of aliphatic carboxylic acids is 1. The number of hydrogen-bond donors (Lipinski definition) is 3. The Morgan fingerprint density at radius 3 is 1.63 bits per heavy atom. The SMILES string of the molecule is C=CCCCCCCCCC(=O)O.CCCCCCCCCCN.CCO. The molecule has 0 saturated heterocycles. The lowest BCUT2D eigenvalue weighted by atomic mass is 10.1. The van der Waals surface area contributed by atoms with Crippen molar-refractivity contribution in [2.45, 2.75) is 117 Å². The van der Waals surface area contributed by atoms with E-state index in [1.165, 1.54) is 77.0 Å². The van der Waals surface area contributed by atoms with Gasteiger partial charge in [-0.25, -0.2) is 0 Å². The molecule has 0 aromatic heterocycles. The first-order valence-corrected chi connectivity index (χ1v) is 11.2. The third-order valence-corrected chi connectivity index (χ3v) is 4.11. The molecule has 0 heterocycles. The van der Waals surface area contributed by atoms with Crippen LogP contribution in [0.2, 0.25) is 0 Å². The number of carbonyl (C=O) groups is 1. The first kappa shape index (κ1) is 30.8. The summed E-state index contributed by atoms with van der Waals surface area (Å²) < 4.78 is 0. The van der Waals surface area contributed by atoms with Crippen LogP contribution in [0.5, 0.6) is 0 Å². The van der Waals surface area contributed by atoms with Gasteiger partial charge in [-0.05, 0) is 39.2 Å². The summed E-state index contributed by atoms with van der Waals surface area (Å²) in [5.74, 6) is -0.674. The molecular formula is C23H49NO3. The number of unbranched alkanes of at least 4 members (excludes halogenated alkanes) is 13. The number of aliphatic hydroxyl groups excluding tert-OH is 1. The van der Waals surface area contributed by atoms with Crippen LogP contribution in [0.4, 0.5) is 0 Å². The largest absolute Gasteiger partial charge is 0.481 e. The van der Waals surface area contributed by atoms with E-state index in [1.807, 2.05) is 6.08 Å². The van der Waals surface area contributed by atoms with Gasteiger partial charge >= 0.3 is 5.97 Å². The lowest BCUT2D eigenvalue weighted by Crippen LogP contribution is -1.97. The van der Waals surface area contributed by atoms with Gasteiger partial charge in [-0.3, -0.25) is 4.79 Å². The fourth-order valence-corrected chi connectivity index (χ4v) is 2.55. The zero-order valence-electron chi connectivity index (χ0n) is 18.4. The van der Waals surface area contributed by atoms with Gasteiger partial charge in [0.1, 0.15) is 0 Å². The third-order valence-electron chi connectivity index (χ3n) is 4.11. The summed E-state index contributed by atoms with van der Waals surface area (Å²) in [7, 11) is 0. The van der Waals surface area contributed by atoms with Crippen LogP contribution in [-0.4, -0.2) is 29.3 Å². The number of carboxylic acid groups (broad SMARTS) is 1. The minimum Gasteiger partial charge on any atom is -0.481 e. The molecule has 0 aromatic rings. The molecule has 27 heavy (non-hydrogen) atoms. The second-order valence-corrected chi connectivity index (χ2v) is 6.92. The highest BCUT2D eigenvalue weighted by molar-refractivity contribution is 5.66. The Labute approximate surface area is 169 Å². The molecule has 0 saturated carbocycles. The van der Waals surface area contributed by atoms with Crippen LogP contribution in [0.3, 0.4) is 0 Å². The van der Waals surface area contributed by atoms with Crippen molar-refractivity contribution >= 4 is 5.97 Å². The maximum atomic E-state index is 10.2. The predicted molar refractivity (Wildman–Crippen MR) is 119 cm³/mol. The normalized spacial score (nSPS) is 9.63. The molecule has 164 valence electrons. The van der Waals surface area contributed by atoms with Crippen LogP contribution >= 0.6 is 0 Å². The van der Waals surface area contributed by atoms with Crippen molar-refractivity contribution in [3.8, 4) is 0 Å². The Kier molecular flexibility index (Phi) is 37.4. The quantitative estimate of drug-likeness (QED) is 0.197. The summed E-state index contributed by atoms with van der Waals surface area (Å²) in [6.45, 7) is 8.72. The topological polar surface area (TPSA) is 83.5 Å². The molecule has 0 rings (SSSR count). The van der Waals surface area contributed by atoms with E-state index in [0.29, 0.717) is 6.42 Å². The molecular weight excluding hydrogens is 338 g/mol. The van der Waals surface area contributed by atoms with Crippen LogP contribution in [0.15, 0.2) is 12.7 Å². The Morgan fingerprint density at radius 1 is 0.815 bits per heavy atom. The highest BCUT2D eigenvalue weighted by Crippen LogP contribution is 2.08. The standard InChI is InChI=1S/C11H20O2.C10H23N.C2H6O/c1-2-3-4-5-6-7-8-9-10-11(12)13;1-2-3-4-5-6-7-8-9-10-11;1-2-3/h2H,1,3-10H2,(H,12,13);2-11H2,1H3;3H,2H2,1H3. The van der Waals surface area contributed by atoms with Crippen molar-refractivity contribution in [3.05, 3.63) is 12.7 Å². The molecule has 0 atom stereocenters. The summed E-state index contributed by atoms with van der Waals surface area (Å²) in [6, 6.07) is 0. The van der Waals surface area contributed by atoms with Crippen molar-refractivity contribution in [1.82, 2.24) is 0 Å². The van der Waals surface area contributed by atoms with Gasteiger partial charge in [0.25, 0.3) is 0 Å². The van der Waals surface area contributed by atoms with Gasteiger partial charge in [-0.2, -0.15) is 0 Å². The van der Waals surface area contributed by atoms with Crippen molar-refractivity contribution in [3.63, 3.8) is 0 Å². The van der Waals surface area contributed by atoms with Gasteiger partial charge in [-0.15, -0.1) is 6.58 Å². The van der Waals surface area contributed by atoms with Crippen LogP contribution in [-0.2, 0) is 4.79 Å². The maximum absolute atomic E-state index is 10.2. The lowest BCUT2D eigenvalue weighted by molar-refractivity contribution is -0.137. The summed E-state index contributed by atoms with van der Waals surface area (Å²) in [5, 5.41) is 15.9. The monoisotopic (exact) mass is 387 g/mol. The van der Waals surface area contributed by atoms with Crippen LogP contribution in [0.1, 0.15) is 117 Å². The first-order valence-electron chi connectivity index (χ1n) is 11.2. The molecule has 0 fully saturated rings. The molecule has 4 heteroatoms. The second kappa shape index (κ2) is 32.8. The average molecular weight is 388 g/mol. The van der Waals surface area contributed by atoms with E-state index in [2.05, 4.69) is 13.5 Å². The van der Waals surface area contributed by atoms with Crippen LogP contribution in [0, 0.1) is 0 Å². The molecule has 4 N–H and O–H groups in total. The smallest absolute Gasteiger partial charge is 0.303 e. The molecule has 0 aliphatic rings. The zero-order chi connectivity index (χ0) is 21.0. The lowest BCUT2D eigenvalue weighted by Gasteiger charge is -1.99. The average Bonchev–Trinajstić information content (AvgIpc) is 2.64. The predicted octanol–water partition coefficient (Wildman–Crippen LogP) is 6.46. The summed E-state index contributed by atoms with van der Waals surface area (Å²) in [5.41, 5.74) is 5.39. The molecule has 4 nitrogen and oxygen atoms in total. The fraction of sp³-hybridized carbons (Fsp3) is 0.870. The van der Waals surface area contributed by atoms with E-state index in [1.54, 1.807) is 6.92 Å². The highest BCUT2D eigenvalue weighted by Gasteiger charge is 1.95. The van der Waals surface area contributed by atoms with Gasteiger partial charge in [0.15, 0.2) is 0 Å². The van der Waals surface area contributed by atoms with Gasteiger partial charge in [0.05, 0.1) is 0 Å². The molecule has 0 spiro atoms. The summed E-state index contributed by atoms with van der Waals surface area (Å²) in [4.78, 5) is 10.2. The van der Waals surface area contributed by atoms with E-state index >= 15 is 0 Å². The molecule has 0 amide bonds. The zero-order valence-corrected chi connectivity index (χ0v) is 18.4. The second-order valence-electron chi connectivity index (χ2n) is 6.92. The number of allylic oxidation sites excluding steroid dienone is 1. The van der Waals surface area contributed by atoms with Gasteiger partial charge in [0, 0.05) is 13.0 Å².